The highest BCUT2D eigenvalue weighted by atomic mass is 16.2. The molecule has 4 aliphatic rings. The van der Waals surface area contributed by atoms with Crippen LogP contribution in [0.4, 0.5) is 0 Å². The van der Waals surface area contributed by atoms with Gasteiger partial charge in [0.05, 0.1) is 12.1 Å². The van der Waals surface area contributed by atoms with Crippen molar-refractivity contribution in [1.82, 2.24) is 19.6 Å². The number of carbonyl (C=O) groups is 3. The number of nitrogens with two attached hydrogens (primary N) is 1. The first kappa shape index (κ1) is 42.4. The number of primary amides is 1. The maximum Gasteiger partial charge on any atom is 0.300 e. The normalized spacial score (nSPS) is 27.1. The van der Waals surface area contributed by atoms with E-state index in [-0.39, 0.29) is 36.0 Å². The number of carbonyl (C=O) groups excluding carboxylic acids is 3. The van der Waals surface area contributed by atoms with Gasteiger partial charge in [0.2, 0.25) is 17.7 Å². The number of nitrogens with zero attached hydrogens (tertiary/aromatic N) is 5. The molecule has 2 N–H and O–H groups in total. The molecule has 2 aromatic carbocycles. The molecule has 8 atom stereocenters. The monoisotopic (exact) mass is 753 g/mol. The van der Waals surface area contributed by atoms with Crippen molar-refractivity contribution in [2.24, 2.45) is 29.4 Å². The third-order valence-electron chi connectivity index (χ3n) is 12.4. The summed E-state index contributed by atoms with van der Waals surface area (Å²) in [6, 6.07) is 21.4. The summed E-state index contributed by atoms with van der Waals surface area (Å²) in [5.41, 5.74) is 8.43. The lowest BCUT2D eigenvalue weighted by molar-refractivity contribution is -0.142. The lowest BCUT2D eigenvalue weighted by Crippen LogP contribution is -2.52. The molecule has 3 amide bonds. The van der Waals surface area contributed by atoms with Gasteiger partial charge in [-0.1, -0.05) is 102 Å². The van der Waals surface area contributed by atoms with Gasteiger partial charge in [0.1, 0.15) is 6.04 Å². The summed E-state index contributed by atoms with van der Waals surface area (Å²) in [5.74, 6) is 1.73. The Kier molecular flexibility index (Phi) is 15.4. The zero-order valence-electron chi connectivity index (χ0n) is 34.5. The van der Waals surface area contributed by atoms with Gasteiger partial charge in [-0.25, -0.2) is 6.57 Å². The molecule has 4 saturated heterocycles. The molecule has 6 rings (SSSR count). The van der Waals surface area contributed by atoms with Gasteiger partial charge in [-0.2, -0.15) is 0 Å². The van der Waals surface area contributed by atoms with E-state index in [4.69, 9.17) is 12.3 Å². The molecule has 2 aromatic rings. The minimum absolute atomic E-state index is 0.0281. The predicted molar refractivity (Wildman–Crippen MR) is 221 cm³/mol. The van der Waals surface area contributed by atoms with Gasteiger partial charge in [-0.05, 0) is 92.6 Å². The molecule has 0 aromatic heterocycles. The predicted octanol–water partition coefficient (Wildman–Crippen LogP) is 7.05. The van der Waals surface area contributed by atoms with Crippen LogP contribution in [0.5, 0.6) is 0 Å². The second kappa shape index (κ2) is 19.9. The SMILES string of the molecule is CC(C)C[C@H](C(N)=O)N1CCC(CCc2ccccc2)N2C[C@H](C)C[C@H]2C1=O.[C-]#[N+][C@@H](CC(C)C)N1CCC(CCc2ccccc2)N2C[C@H](C)C[C@H]2C1=O. The van der Waals surface area contributed by atoms with Crippen molar-refractivity contribution in [2.75, 3.05) is 26.2 Å². The molecular formula is C46H68N6O3. The Balaban J connectivity index is 0.000000211. The Morgan fingerprint density at radius 3 is 1.58 bits per heavy atom. The first-order valence-electron chi connectivity index (χ1n) is 21.2. The Morgan fingerprint density at radius 1 is 0.727 bits per heavy atom. The van der Waals surface area contributed by atoms with Crippen LogP contribution < -0.4 is 5.73 Å². The van der Waals surface area contributed by atoms with Gasteiger partial charge in [0, 0.05) is 44.7 Å². The highest BCUT2D eigenvalue weighted by Gasteiger charge is 2.47. The molecule has 9 heteroatoms. The van der Waals surface area contributed by atoms with Crippen LogP contribution in [-0.4, -0.2) is 99.9 Å². The highest BCUT2D eigenvalue weighted by Crippen LogP contribution is 2.35. The van der Waals surface area contributed by atoms with Crippen molar-refractivity contribution in [1.29, 1.82) is 0 Å². The maximum absolute atomic E-state index is 13.4. The van der Waals surface area contributed by atoms with E-state index >= 15 is 0 Å². The molecule has 0 aliphatic carbocycles. The summed E-state index contributed by atoms with van der Waals surface area (Å²) in [6.45, 7) is 23.9. The van der Waals surface area contributed by atoms with Crippen LogP contribution in [0, 0.1) is 30.2 Å². The molecule has 4 aliphatic heterocycles. The lowest BCUT2D eigenvalue weighted by Gasteiger charge is -2.32. The van der Waals surface area contributed by atoms with E-state index in [1.54, 1.807) is 4.90 Å². The van der Waals surface area contributed by atoms with Gasteiger partial charge in [0.25, 0.3) is 0 Å². The molecule has 4 heterocycles. The van der Waals surface area contributed by atoms with Crippen LogP contribution in [0.1, 0.15) is 104 Å². The second-order valence-electron chi connectivity index (χ2n) is 17.9. The van der Waals surface area contributed by atoms with Crippen LogP contribution in [0.15, 0.2) is 60.7 Å². The molecule has 0 bridgehead atoms. The van der Waals surface area contributed by atoms with E-state index in [1.165, 1.54) is 11.1 Å². The number of benzene rings is 2. The van der Waals surface area contributed by atoms with E-state index < -0.39 is 6.04 Å². The number of amides is 3. The Bertz CT molecular complexity index is 1580. The van der Waals surface area contributed by atoms with Crippen molar-refractivity contribution < 1.29 is 14.4 Å². The van der Waals surface area contributed by atoms with E-state index in [2.05, 4.69) is 111 Å². The fourth-order valence-corrected chi connectivity index (χ4v) is 9.66. The summed E-state index contributed by atoms with van der Waals surface area (Å²) in [5, 5.41) is 0. The minimum Gasteiger partial charge on any atom is -0.368 e. The van der Waals surface area contributed by atoms with E-state index in [9.17, 15) is 14.4 Å². The topological polar surface area (TPSA) is 94.6 Å². The lowest BCUT2D eigenvalue weighted by atomic mass is 9.99. The van der Waals surface area contributed by atoms with Crippen molar-refractivity contribution in [3.63, 3.8) is 0 Å². The zero-order valence-corrected chi connectivity index (χ0v) is 34.5. The zero-order chi connectivity index (χ0) is 39.6. The molecule has 2 unspecified atom stereocenters. The minimum atomic E-state index is -0.488. The number of aryl methyl sites for hydroxylation is 2. The maximum atomic E-state index is 13.4. The molecule has 9 nitrogen and oxygen atoms in total. The summed E-state index contributed by atoms with van der Waals surface area (Å²) in [4.78, 5) is 51.3. The van der Waals surface area contributed by atoms with E-state index in [0.717, 1.165) is 77.4 Å². The number of rotatable bonds is 13. The van der Waals surface area contributed by atoms with Gasteiger partial charge in [-0.15, -0.1) is 0 Å². The van der Waals surface area contributed by atoms with Crippen LogP contribution in [0.25, 0.3) is 4.85 Å². The largest absolute Gasteiger partial charge is 0.368 e. The van der Waals surface area contributed by atoms with Crippen LogP contribution in [0.2, 0.25) is 0 Å². The Labute approximate surface area is 331 Å². The van der Waals surface area contributed by atoms with Crippen molar-refractivity contribution in [3.8, 4) is 0 Å². The third kappa shape index (κ3) is 11.2. The molecule has 0 saturated carbocycles. The van der Waals surface area contributed by atoms with E-state index in [1.807, 2.05) is 11.0 Å². The van der Waals surface area contributed by atoms with Gasteiger partial charge in [-0.3, -0.25) is 33.9 Å². The number of fused-ring (bicyclic) bond motifs is 2. The summed E-state index contributed by atoms with van der Waals surface area (Å²) < 4.78 is 0. The van der Waals surface area contributed by atoms with Crippen molar-refractivity contribution in [3.05, 3.63) is 83.2 Å². The highest BCUT2D eigenvalue weighted by molar-refractivity contribution is 5.89. The molecular weight excluding hydrogens is 685 g/mol. The fraction of sp³-hybridized carbons (Fsp3) is 0.652. The molecule has 4 fully saturated rings. The summed E-state index contributed by atoms with van der Waals surface area (Å²) in [6.07, 6.45) is 9.00. The van der Waals surface area contributed by atoms with Crippen LogP contribution in [0.3, 0.4) is 0 Å². The number of hydrogen-bond acceptors (Lipinski definition) is 5. The molecule has 0 radical (unpaired) electrons. The van der Waals surface area contributed by atoms with Crippen molar-refractivity contribution in [2.45, 2.75) is 142 Å². The second-order valence-corrected chi connectivity index (χ2v) is 17.9. The first-order chi connectivity index (χ1) is 26.4. The standard InChI is InChI=1S/C23H35N3O2.C23H33N3O/c1-16(2)13-20(22(24)27)25-12-11-19(10-9-18-7-5-4-6-8-18)26-15-17(3)14-21(26)23(25)28;1-17(2)14-22(24-4)25-13-12-20(11-10-19-8-6-5-7-9-19)26-16-18(3)15-21(26)23(25)27/h4-8,16-17,19-21H,9-15H2,1-3H3,(H2,24,27);5-9,17-18,20-22H,10-16H2,1-3H3/t17-,19?,20-,21+;18-,20?,21+,22-/m11/s1. The molecule has 300 valence electrons. The number of hydrogen-bond donors (Lipinski definition) is 1. The molecule has 0 spiro atoms. The Hall–Kier alpha value is -3.74. The van der Waals surface area contributed by atoms with Gasteiger partial charge < -0.3 is 10.6 Å². The first-order valence-corrected chi connectivity index (χ1v) is 21.2. The summed E-state index contributed by atoms with van der Waals surface area (Å²) in [7, 11) is 0. The Morgan fingerprint density at radius 2 is 1.16 bits per heavy atom. The van der Waals surface area contributed by atoms with Crippen LogP contribution in [-0.2, 0) is 27.2 Å². The average molecular weight is 753 g/mol. The quantitative estimate of drug-likeness (QED) is 0.222. The smallest absolute Gasteiger partial charge is 0.300 e. The fourth-order valence-electron chi connectivity index (χ4n) is 9.66. The molecule has 55 heavy (non-hydrogen) atoms. The van der Waals surface area contributed by atoms with Gasteiger partial charge in [0.15, 0.2) is 0 Å². The average Bonchev–Trinajstić information content (AvgIpc) is 3.69. The third-order valence-corrected chi connectivity index (χ3v) is 12.4. The summed E-state index contributed by atoms with van der Waals surface area (Å²) >= 11 is 0. The van der Waals surface area contributed by atoms with Crippen LogP contribution >= 0.6 is 0 Å². The van der Waals surface area contributed by atoms with Gasteiger partial charge >= 0.3 is 6.17 Å². The van der Waals surface area contributed by atoms with E-state index in [0.29, 0.717) is 48.7 Å². The van der Waals surface area contributed by atoms with Crippen molar-refractivity contribution >= 4 is 17.7 Å².